The van der Waals surface area contributed by atoms with E-state index in [-0.39, 0.29) is 30.8 Å². The molecule has 8 heteroatoms. The number of rotatable bonds is 8. The number of amides is 1. The third-order valence-electron chi connectivity index (χ3n) is 3.82. The topological polar surface area (TPSA) is 111 Å². The maximum absolute atomic E-state index is 12.4. The number of nitrogens with one attached hydrogen (secondary N) is 1. The summed E-state index contributed by atoms with van der Waals surface area (Å²) in [4.78, 5) is 35.9. The lowest BCUT2D eigenvalue weighted by Gasteiger charge is -2.21. The van der Waals surface area contributed by atoms with Crippen LogP contribution < -0.4 is 10.9 Å². The van der Waals surface area contributed by atoms with Gasteiger partial charge in [0.1, 0.15) is 11.7 Å². The van der Waals surface area contributed by atoms with E-state index >= 15 is 0 Å². The SMILES string of the molecule is CC(C)(C)OCCC(NC(=O)c1ccc(=O)n(Cc2ccccc2)n1)C(=O)O. The summed E-state index contributed by atoms with van der Waals surface area (Å²) in [5, 5.41) is 15.8. The Balaban J connectivity index is 2.08. The molecule has 0 fully saturated rings. The molecule has 1 heterocycles. The first-order valence-electron chi connectivity index (χ1n) is 8.95. The summed E-state index contributed by atoms with van der Waals surface area (Å²) in [6.07, 6.45) is 0.113. The number of hydrogen-bond donors (Lipinski definition) is 2. The van der Waals surface area contributed by atoms with Crippen LogP contribution in [0.1, 0.15) is 43.2 Å². The van der Waals surface area contributed by atoms with Crippen LogP contribution in [0.2, 0.25) is 0 Å². The van der Waals surface area contributed by atoms with Crippen molar-refractivity contribution in [3.05, 3.63) is 64.1 Å². The Kier molecular flexibility index (Phi) is 7.06. The first-order valence-corrected chi connectivity index (χ1v) is 8.95. The van der Waals surface area contributed by atoms with Gasteiger partial charge in [0, 0.05) is 19.1 Å². The van der Waals surface area contributed by atoms with Crippen LogP contribution in [0.5, 0.6) is 0 Å². The van der Waals surface area contributed by atoms with Gasteiger partial charge in [0.05, 0.1) is 12.1 Å². The zero-order valence-corrected chi connectivity index (χ0v) is 16.2. The van der Waals surface area contributed by atoms with E-state index in [0.717, 1.165) is 5.56 Å². The largest absolute Gasteiger partial charge is 0.480 e. The minimum atomic E-state index is -1.16. The highest BCUT2D eigenvalue weighted by molar-refractivity contribution is 5.94. The van der Waals surface area contributed by atoms with Crippen LogP contribution in [0.3, 0.4) is 0 Å². The van der Waals surface area contributed by atoms with E-state index in [1.807, 2.05) is 51.1 Å². The lowest BCUT2D eigenvalue weighted by molar-refractivity contribution is -0.140. The number of carboxylic acid groups (broad SMARTS) is 1. The third-order valence-corrected chi connectivity index (χ3v) is 3.82. The van der Waals surface area contributed by atoms with Crippen LogP contribution in [-0.4, -0.2) is 45.0 Å². The molecule has 8 nitrogen and oxygen atoms in total. The summed E-state index contributed by atoms with van der Waals surface area (Å²) in [5.41, 5.74) is 0.0753. The van der Waals surface area contributed by atoms with Crippen molar-refractivity contribution in [3.63, 3.8) is 0 Å². The molecule has 0 radical (unpaired) electrons. The predicted octanol–water partition coefficient (Wildman–Crippen LogP) is 1.68. The number of aromatic nitrogens is 2. The fraction of sp³-hybridized carbons (Fsp3) is 0.400. The maximum atomic E-state index is 12.4. The molecule has 0 aliphatic heterocycles. The second-order valence-electron chi connectivity index (χ2n) is 7.31. The van der Waals surface area contributed by atoms with Crippen LogP contribution in [0, 0.1) is 0 Å². The van der Waals surface area contributed by atoms with E-state index in [1.54, 1.807) is 0 Å². The summed E-state index contributed by atoms with van der Waals surface area (Å²) in [5.74, 6) is -1.83. The van der Waals surface area contributed by atoms with Crippen LogP contribution in [0.4, 0.5) is 0 Å². The van der Waals surface area contributed by atoms with Crippen LogP contribution in [0.25, 0.3) is 0 Å². The summed E-state index contributed by atoms with van der Waals surface area (Å²) < 4.78 is 6.69. The first kappa shape index (κ1) is 21.3. The Hall–Kier alpha value is -3.00. The van der Waals surface area contributed by atoms with Crippen LogP contribution in [0.15, 0.2) is 47.3 Å². The molecule has 2 rings (SSSR count). The molecule has 28 heavy (non-hydrogen) atoms. The van der Waals surface area contributed by atoms with Gasteiger partial charge in [-0.2, -0.15) is 5.10 Å². The van der Waals surface area contributed by atoms with Crippen molar-refractivity contribution in [2.45, 2.75) is 45.4 Å². The van der Waals surface area contributed by atoms with E-state index in [0.29, 0.717) is 0 Å². The molecule has 0 aliphatic rings. The lowest BCUT2D eigenvalue weighted by Crippen LogP contribution is -2.42. The highest BCUT2D eigenvalue weighted by atomic mass is 16.5. The molecule has 2 aromatic rings. The van der Waals surface area contributed by atoms with Gasteiger partial charge in [0.2, 0.25) is 0 Å². The number of hydrogen-bond acceptors (Lipinski definition) is 5. The average Bonchev–Trinajstić information content (AvgIpc) is 2.62. The minimum Gasteiger partial charge on any atom is -0.480 e. The van der Waals surface area contributed by atoms with E-state index in [2.05, 4.69) is 10.4 Å². The monoisotopic (exact) mass is 387 g/mol. The number of ether oxygens (including phenoxy) is 1. The smallest absolute Gasteiger partial charge is 0.326 e. The van der Waals surface area contributed by atoms with Crippen molar-refractivity contribution in [2.24, 2.45) is 0 Å². The van der Waals surface area contributed by atoms with Crippen molar-refractivity contribution in [1.29, 1.82) is 0 Å². The summed E-state index contributed by atoms with van der Waals surface area (Å²) in [6.45, 7) is 5.98. The molecule has 2 N–H and O–H groups in total. The van der Waals surface area contributed by atoms with Crippen molar-refractivity contribution in [1.82, 2.24) is 15.1 Å². The number of benzene rings is 1. The predicted molar refractivity (Wildman–Crippen MR) is 103 cm³/mol. The molecule has 0 saturated heterocycles. The maximum Gasteiger partial charge on any atom is 0.326 e. The summed E-state index contributed by atoms with van der Waals surface area (Å²) >= 11 is 0. The van der Waals surface area contributed by atoms with Gasteiger partial charge in [-0.15, -0.1) is 0 Å². The van der Waals surface area contributed by atoms with Gasteiger partial charge >= 0.3 is 5.97 Å². The van der Waals surface area contributed by atoms with E-state index in [9.17, 15) is 19.5 Å². The summed E-state index contributed by atoms with van der Waals surface area (Å²) in [6, 6.07) is 10.6. The number of nitrogens with zero attached hydrogens (tertiary/aromatic N) is 2. The molecule has 0 saturated carbocycles. The van der Waals surface area contributed by atoms with Crippen molar-refractivity contribution in [2.75, 3.05) is 6.61 Å². The van der Waals surface area contributed by atoms with E-state index in [4.69, 9.17) is 4.74 Å². The Morgan fingerprint density at radius 1 is 1.18 bits per heavy atom. The number of carboxylic acids is 1. The minimum absolute atomic E-state index is 0.0291. The van der Waals surface area contributed by atoms with Gasteiger partial charge < -0.3 is 15.2 Å². The molecule has 1 amide bonds. The van der Waals surface area contributed by atoms with E-state index < -0.39 is 23.5 Å². The van der Waals surface area contributed by atoms with Gasteiger partial charge in [-0.05, 0) is 32.4 Å². The van der Waals surface area contributed by atoms with Crippen molar-refractivity contribution >= 4 is 11.9 Å². The van der Waals surface area contributed by atoms with Crippen LogP contribution >= 0.6 is 0 Å². The first-order chi connectivity index (χ1) is 13.2. The molecule has 1 unspecified atom stereocenters. The van der Waals surface area contributed by atoms with Gasteiger partial charge in [-0.25, -0.2) is 9.48 Å². The standard InChI is InChI=1S/C20H25N3O5/c1-20(2,3)28-12-11-16(19(26)27)21-18(25)15-9-10-17(24)23(22-15)13-14-7-5-4-6-8-14/h4-10,16H,11-13H2,1-3H3,(H,21,25)(H,26,27). The molecule has 1 aromatic heterocycles. The normalized spacial score (nSPS) is 12.4. The number of carbonyl (C=O) groups excluding carboxylic acids is 1. The molecular weight excluding hydrogens is 362 g/mol. The number of aliphatic carboxylic acids is 1. The molecule has 1 atom stereocenters. The Morgan fingerprint density at radius 3 is 2.46 bits per heavy atom. The fourth-order valence-corrected chi connectivity index (χ4v) is 2.41. The summed E-state index contributed by atoms with van der Waals surface area (Å²) in [7, 11) is 0. The lowest BCUT2D eigenvalue weighted by atomic mass is 10.1. The molecule has 0 aliphatic carbocycles. The fourth-order valence-electron chi connectivity index (χ4n) is 2.41. The Bertz CT molecular complexity index is 871. The zero-order valence-electron chi connectivity index (χ0n) is 16.2. The van der Waals surface area contributed by atoms with Gasteiger partial charge in [0.25, 0.3) is 11.5 Å². The molecule has 150 valence electrons. The molecule has 0 spiro atoms. The average molecular weight is 387 g/mol. The van der Waals surface area contributed by atoms with Crippen molar-refractivity contribution in [3.8, 4) is 0 Å². The molecular formula is C20H25N3O5. The molecule has 0 bridgehead atoms. The Morgan fingerprint density at radius 2 is 1.86 bits per heavy atom. The highest BCUT2D eigenvalue weighted by Gasteiger charge is 2.22. The van der Waals surface area contributed by atoms with Gasteiger partial charge in [-0.3, -0.25) is 9.59 Å². The Labute approximate surface area is 163 Å². The van der Waals surface area contributed by atoms with E-state index in [1.165, 1.54) is 16.8 Å². The number of carbonyl (C=O) groups is 2. The zero-order chi connectivity index (χ0) is 20.7. The quantitative estimate of drug-likeness (QED) is 0.713. The van der Waals surface area contributed by atoms with Gasteiger partial charge in [0.15, 0.2) is 0 Å². The third kappa shape index (κ3) is 6.62. The molecule has 1 aromatic carbocycles. The second kappa shape index (κ2) is 9.27. The highest BCUT2D eigenvalue weighted by Crippen LogP contribution is 2.08. The van der Waals surface area contributed by atoms with Crippen LogP contribution in [-0.2, 0) is 16.1 Å². The van der Waals surface area contributed by atoms with Gasteiger partial charge in [-0.1, -0.05) is 30.3 Å². The van der Waals surface area contributed by atoms with Crippen molar-refractivity contribution < 1.29 is 19.4 Å². The second-order valence-corrected chi connectivity index (χ2v) is 7.31.